The van der Waals surface area contributed by atoms with Crippen molar-refractivity contribution in [1.29, 1.82) is 0 Å². The van der Waals surface area contributed by atoms with E-state index >= 15 is 0 Å². The quantitative estimate of drug-likeness (QED) is 0.177. The Balaban J connectivity index is 1.45. The topological polar surface area (TPSA) is 24.7 Å². The molecule has 4 aliphatic rings. The second kappa shape index (κ2) is 8.18. The monoisotopic (exact) mass is 560 g/mol. The molecule has 10 rings (SSSR count). The van der Waals surface area contributed by atoms with Crippen molar-refractivity contribution >= 4 is 22.8 Å². The van der Waals surface area contributed by atoms with Crippen molar-refractivity contribution in [2.45, 2.75) is 24.7 Å². The Hall–Kier alpha value is -5.34. The number of aryl methyl sites for hydroxylation is 2. The number of hydrogen-bond acceptors (Lipinski definition) is 2. The van der Waals surface area contributed by atoms with E-state index in [2.05, 4.69) is 147 Å². The van der Waals surface area contributed by atoms with Gasteiger partial charge in [0.05, 0.1) is 33.6 Å². The Morgan fingerprint density at radius 1 is 0.364 bits per heavy atom. The fourth-order valence-electron chi connectivity index (χ4n) is 8.78. The van der Waals surface area contributed by atoms with Crippen LogP contribution in [0.25, 0.3) is 22.3 Å². The maximum atomic E-state index is 5.72. The molecule has 0 atom stereocenters. The fourth-order valence-corrected chi connectivity index (χ4v) is 8.78. The van der Waals surface area contributed by atoms with Crippen LogP contribution in [-0.2, 0) is 10.8 Å². The number of rotatable bonds is 0. The van der Waals surface area contributed by atoms with Crippen LogP contribution in [0.3, 0.4) is 0 Å². The maximum Gasteiger partial charge on any atom is 0.0926 e. The molecule has 44 heavy (non-hydrogen) atoms. The summed E-state index contributed by atoms with van der Waals surface area (Å²) in [7, 11) is 0. The molecule has 0 N–H and O–H groups in total. The second-order valence-corrected chi connectivity index (χ2v) is 12.6. The zero-order chi connectivity index (χ0) is 29.2. The standard InChI is InChI=1S/C42H28N2/c1-25-19-21-37-35(23-25)41(31-15-7-3-11-27(31)28-12-4-8-16-32(28)41)39-40(43-37)42(36-24-26(2)20-22-38(36)44-39)33-17-9-5-13-29(33)30-14-6-10-18-34(30)42/h3-24H,1-2H3. The first-order valence-electron chi connectivity index (χ1n) is 15.4. The molecule has 2 nitrogen and oxygen atoms in total. The van der Waals surface area contributed by atoms with E-state index in [1.165, 1.54) is 66.8 Å². The summed E-state index contributed by atoms with van der Waals surface area (Å²) >= 11 is 0. The van der Waals surface area contributed by atoms with Gasteiger partial charge in [0.25, 0.3) is 0 Å². The van der Waals surface area contributed by atoms with Gasteiger partial charge in [0, 0.05) is 0 Å². The van der Waals surface area contributed by atoms with Crippen molar-refractivity contribution in [2.24, 2.45) is 9.98 Å². The average Bonchev–Trinajstić information content (AvgIpc) is 3.52. The summed E-state index contributed by atoms with van der Waals surface area (Å²) in [6.07, 6.45) is 0. The molecule has 206 valence electrons. The zero-order valence-corrected chi connectivity index (χ0v) is 24.6. The largest absolute Gasteiger partial charge is 0.249 e. The molecule has 0 bridgehead atoms. The lowest BCUT2D eigenvalue weighted by atomic mass is 9.57. The van der Waals surface area contributed by atoms with Crippen LogP contribution in [0.15, 0.2) is 143 Å². The predicted octanol–water partition coefficient (Wildman–Crippen LogP) is 9.81. The Morgan fingerprint density at radius 3 is 1.02 bits per heavy atom. The zero-order valence-electron chi connectivity index (χ0n) is 24.6. The highest BCUT2D eigenvalue weighted by Crippen LogP contribution is 2.64. The van der Waals surface area contributed by atoms with Crippen LogP contribution in [0.4, 0.5) is 11.4 Å². The third kappa shape index (κ3) is 2.65. The number of fused-ring (bicyclic) bond motifs is 17. The smallest absolute Gasteiger partial charge is 0.0926 e. The van der Waals surface area contributed by atoms with E-state index in [-0.39, 0.29) is 0 Å². The van der Waals surface area contributed by atoms with Crippen molar-refractivity contribution in [3.8, 4) is 22.3 Å². The molecule has 0 radical (unpaired) electrons. The highest BCUT2D eigenvalue weighted by Gasteiger charge is 2.61. The van der Waals surface area contributed by atoms with Gasteiger partial charge in [-0.1, -0.05) is 132 Å². The van der Waals surface area contributed by atoms with E-state index in [0.717, 1.165) is 22.8 Å². The van der Waals surface area contributed by atoms with Gasteiger partial charge in [-0.15, -0.1) is 0 Å². The van der Waals surface area contributed by atoms with Crippen molar-refractivity contribution in [3.63, 3.8) is 0 Å². The summed E-state index contributed by atoms with van der Waals surface area (Å²) in [6.45, 7) is 4.37. The first-order valence-corrected chi connectivity index (χ1v) is 15.4. The molecule has 2 aliphatic carbocycles. The molecule has 6 aromatic carbocycles. The second-order valence-electron chi connectivity index (χ2n) is 12.6. The minimum Gasteiger partial charge on any atom is -0.249 e. The van der Waals surface area contributed by atoms with Crippen molar-refractivity contribution in [2.75, 3.05) is 0 Å². The summed E-state index contributed by atoms with van der Waals surface area (Å²) in [4.78, 5) is 11.4. The third-order valence-corrected chi connectivity index (χ3v) is 10.4. The minimum atomic E-state index is -0.603. The SMILES string of the molecule is Cc1ccc2c(c1)C1(C3=Nc4ccc(C)cc4C4(C3=N2)c2ccccc2-c2ccccc24)c2ccccc2-c2ccccc21. The molecule has 0 fully saturated rings. The van der Waals surface area contributed by atoms with Crippen LogP contribution >= 0.6 is 0 Å². The molecular weight excluding hydrogens is 532 g/mol. The molecular formula is C42H28N2. The van der Waals surface area contributed by atoms with Crippen LogP contribution in [0, 0.1) is 13.8 Å². The summed E-state index contributed by atoms with van der Waals surface area (Å²) in [5.41, 5.74) is 18.0. The van der Waals surface area contributed by atoms with Crippen molar-refractivity contribution < 1.29 is 0 Å². The molecule has 0 unspecified atom stereocenters. The molecule has 6 aromatic rings. The molecule has 0 amide bonds. The predicted molar refractivity (Wildman–Crippen MR) is 180 cm³/mol. The maximum absolute atomic E-state index is 5.72. The summed E-state index contributed by atoms with van der Waals surface area (Å²) < 4.78 is 0. The normalized spacial score (nSPS) is 16.6. The Labute approximate surface area is 257 Å². The Bertz CT molecular complexity index is 2060. The lowest BCUT2D eigenvalue weighted by Gasteiger charge is -2.47. The minimum absolute atomic E-state index is 0.603. The summed E-state index contributed by atoms with van der Waals surface area (Å²) in [5, 5.41) is 0. The van der Waals surface area contributed by atoms with Gasteiger partial charge >= 0.3 is 0 Å². The van der Waals surface area contributed by atoms with E-state index in [0.29, 0.717) is 0 Å². The number of nitrogens with zero attached hydrogens (tertiary/aromatic N) is 2. The lowest BCUT2D eigenvalue weighted by Crippen LogP contribution is -2.53. The molecule has 0 saturated heterocycles. The average molecular weight is 561 g/mol. The number of aliphatic imine (C=N–C) groups is 2. The van der Waals surface area contributed by atoms with Crippen LogP contribution in [0.5, 0.6) is 0 Å². The van der Waals surface area contributed by atoms with Crippen LogP contribution in [0.1, 0.15) is 44.5 Å². The molecule has 2 aliphatic heterocycles. The van der Waals surface area contributed by atoms with E-state index in [1.54, 1.807) is 0 Å². The highest BCUT2D eigenvalue weighted by molar-refractivity contribution is 6.55. The molecule has 2 heteroatoms. The van der Waals surface area contributed by atoms with Gasteiger partial charge in [0.2, 0.25) is 0 Å². The molecule has 2 heterocycles. The number of hydrogen-bond donors (Lipinski definition) is 0. The van der Waals surface area contributed by atoms with Gasteiger partial charge in [0.1, 0.15) is 0 Å². The van der Waals surface area contributed by atoms with Gasteiger partial charge in [-0.05, 0) is 81.6 Å². The fraction of sp³-hybridized carbons (Fsp3) is 0.0952. The van der Waals surface area contributed by atoms with Gasteiger partial charge in [-0.2, -0.15) is 0 Å². The Kier molecular flexibility index (Phi) is 4.49. The van der Waals surface area contributed by atoms with Crippen LogP contribution in [0.2, 0.25) is 0 Å². The first kappa shape index (κ1) is 24.1. The van der Waals surface area contributed by atoms with E-state index in [9.17, 15) is 0 Å². The number of benzene rings is 6. The van der Waals surface area contributed by atoms with E-state index in [1.807, 2.05) is 0 Å². The van der Waals surface area contributed by atoms with Crippen molar-refractivity contribution in [3.05, 3.63) is 178 Å². The van der Waals surface area contributed by atoms with Gasteiger partial charge in [-0.25, -0.2) is 9.98 Å². The van der Waals surface area contributed by atoms with Gasteiger partial charge in [0.15, 0.2) is 0 Å². The first-order chi connectivity index (χ1) is 21.6. The summed E-state index contributed by atoms with van der Waals surface area (Å²) in [5.74, 6) is 0. The highest BCUT2D eigenvalue weighted by atomic mass is 14.9. The molecule has 2 spiro atoms. The third-order valence-electron chi connectivity index (χ3n) is 10.4. The summed E-state index contributed by atoms with van der Waals surface area (Å²) in [6, 6.07) is 49.3. The van der Waals surface area contributed by atoms with E-state index in [4.69, 9.17) is 9.98 Å². The Morgan fingerprint density at radius 2 is 0.682 bits per heavy atom. The molecule has 0 saturated carbocycles. The van der Waals surface area contributed by atoms with Gasteiger partial charge in [-0.3, -0.25) is 0 Å². The van der Waals surface area contributed by atoms with Gasteiger partial charge < -0.3 is 0 Å². The van der Waals surface area contributed by atoms with E-state index < -0.39 is 10.8 Å². The van der Waals surface area contributed by atoms with Crippen molar-refractivity contribution in [1.82, 2.24) is 0 Å². The molecule has 0 aromatic heterocycles. The van der Waals surface area contributed by atoms with Crippen LogP contribution < -0.4 is 0 Å². The van der Waals surface area contributed by atoms with Crippen LogP contribution in [-0.4, -0.2) is 11.4 Å². The lowest BCUT2D eigenvalue weighted by molar-refractivity contribution is 0.800.